The Kier molecular flexibility index (Phi) is 4.22. The van der Waals surface area contributed by atoms with Crippen LogP contribution < -0.4 is 0 Å². The number of nitrogens with zero attached hydrogens (tertiary/aromatic N) is 2. The highest BCUT2D eigenvalue weighted by Crippen LogP contribution is 2.02. The Hall–Kier alpha value is -0.440. The molecule has 0 aliphatic rings. The van der Waals surface area contributed by atoms with E-state index in [0.717, 1.165) is 6.42 Å². The molecule has 0 aromatic carbocycles. The van der Waals surface area contributed by atoms with Crippen molar-refractivity contribution >= 4 is 0 Å². The van der Waals surface area contributed by atoms with Crippen molar-refractivity contribution in [2.75, 3.05) is 7.05 Å². The molecule has 0 spiro atoms. The molecule has 0 saturated heterocycles. The molecule has 0 saturated carbocycles. The minimum Gasteiger partial charge on any atom is -0.391 e. The molecule has 3 heteroatoms. The van der Waals surface area contributed by atoms with Crippen LogP contribution in [0.2, 0.25) is 0 Å². The van der Waals surface area contributed by atoms with Crippen molar-refractivity contribution in [1.82, 2.24) is 0 Å². The van der Waals surface area contributed by atoms with Gasteiger partial charge in [0, 0.05) is 7.05 Å². The van der Waals surface area contributed by atoms with E-state index in [4.69, 9.17) is 5.11 Å². The Morgan fingerprint density at radius 3 is 2.22 bits per heavy atom. The number of aliphatic hydroxyl groups is 1. The van der Waals surface area contributed by atoms with Gasteiger partial charge >= 0.3 is 0 Å². The molecule has 0 amide bonds. The molecule has 0 aliphatic heterocycles. The summed E-state index contributed by atoms with van der Waals surface area (Å²) in [4.78, 5) is 0. The zero-order chi connectivity index (χ0) is 7.28. The highest BCUT2D eigenvalue weighted by molar-refractivity contribution is 4.67. The number of aliphatic hydroxyl groups excluding tert-OH is 1. The Balaban J connectivity index is 3.68. The molecule has 0 radical (unpaired) electrons. The molecular weight excluding hydrogens is 116 g/mol. The van der Waals surface area contributed by atoms with Crippen LogP contribution in [0, 0.1) is 0 Å². The molecule has 0 heterocycles. The third kappa shape index (κ3) is 3.19. The first-order valence-electron chi connectivity index (χ1n) is 3.19. The zero-order valence-corrected chi connectivity index (χ0v) is 6.20. The second kappa shape index (κ2) is 4.44. The fraction of sp³-hybridized carbons (Fsp3) is 1.00. The second-order valence-electron chi connectivity index (χ2n) is 2.03. The summed E-state index contributed by atoms with van der Waals surface area (Å²) < 4.78 is 0. The first-order valence-corrected chi connectivity index (χ1v) is 3.19. The predicted molar refractivity (Wildman–Crippen MR) is 36.5 cm³/mol. The lowest BCUT2D eigenvalue weighted by molar-refractivity contribution is 0.159. The predicted octanol–water partition coefficient (Wildman–Crippen LogP) is 1.23. The van der Waals surface area contributed by atoms with E-state index in [1.165, 1.54) is 0 Å². The smallest absolute Gasteiger partial charge is 0.0961 e. The molecule has 1 N–H and O–H groups in total. The summed E-state index contributed by atoms with van der Waals surface area (Å²) >= 11 is 0. The summed E-state index contributed by atoms with van der Waals surface area (Å²) in [6, 6.07) is -0.0185. The molecule has 9 heavy (non-hydrogen) atoms. The molecule has 0 aromatic heterocycles. The molecular formula is C6H14N2O. The van der Waals surface area contributed by atoms with E-state index >= 15 is 0 Å². The van der Waals surface area contributed by atoms with Gasteiger partial charge in [0.15, 0.2) is 0 Å². The van der Waals surface area contributed by atoms with E-state index in [9.17, 15) is 0 Å². The SMILES string of the molecule is CCC(/N=N\C)[C@H](C)O. The summed E-state index contributed by atoms with van der Waals surface area (Å²) in [5, 5.41) is 16.4. The molecule has 54 valence electrons. The molecule has 0 aromatic rings. The average molecular weight is 130 g/mol. The highest BCUT2D eigenvalue weighted by atomic mass is 16.3. The van der Waals surface area contributed by atoms with Crippen LogP contribution >= 0.6 is 0 Å². The van der Waals surface area contributed by atoms with Gasteiger partial charge in [-0.3, -0.25) is 0 Å². The van der Waals surface area contributed by atoms with Crippen LogP contribution in [0.15, 0.2) is 10.2 Å². The van der Waals surface area contributed by atoms with Gasteiger partial charge in [0.05, 0.1) is 12.1 Å². The molecule has 0 bridgehead atoms. The lowest BCUT2D eigenvalue weighted by Gasteiger charge is -2.09. The first kappa shape index (κ1) is 8.56. The van der Waals surface area contributed by atoms with Crippen LogP contribution in [0.25, 0.3) is 0 Å². The van der Waals surface area contributed by atoms with Crippen LogP contribution in [0.1, 0.15) is 20.3 Å². The van der Waals surface area contributed by atoms with Crippen molar-refractivity contribution in [1.29, 1.82) is 0 Å². The van der Waals surface area contributed by atoms with Crippen molar-refractivity contribution in [2.24, 2.45) is 10.2 Å². The highest BCUT2D eigenvalue weighted by Gasteiger charge is 2.09. The molecule has 0 fully saturated rings. The Bertz CT molecular complexity index is 91.1. The minimum absolute atomic E-state index is 0.0185. The van der Waals surface area contributed by atoms with Gasteiger partial charge in [0.1, 0.15) is 0 Å². The summed E-state index contributed by atoms with van der Waals surface area (Å²) in [5.41, 5.74) is 0. The maximum absolute atomic E-state index is 8.99. The topological polar surface area (TPSA) is 45.0 Å². The standard InChI is InChI=1S/C6H14N2O/c1-4-6(5(2)9)8-7-3/h5-6,9H,4H2,1-3H3/b8-7-/t5-,6?/m0/s1. The van der Waals surface area contributed by atoms with Crippen LogP contribution in [0.3, 0.4) is 0 Å². The fourth-order valence-electron chi connectivity index (χ4n) is 0.668. The molecule has 0 rings (SSSR count). The Labute approximate surface area is 55.8 Å². The van der Waals surface area contributed by atoms with Crippen molar-refractivity contribution < 1.29 is 5.11 Å². The molecule has 0 aliphatic carbocycles. The monoisotopic (exact) mass is 130 g/mol. The summed E-state index contributed by atoms with van der Waals surface area (Å²) in [5.74, 6) is 0. The number of rotatable bonds is 3. The van der Waals surface area contributed by atoms with Gasteiger partial charge in [0.2, 0.25) is 0 Å². The first-order chi connectivity index (χ1) is 4.22. The van der Waals surface area contributed by atoms with Gasteiger partial charge in [-0.15, -0.1) is 0 Å². The normalized spacial score (nSPS) is 18.2. The zero-order valence-electron chi connectivity index (χ0n) is 6.20. The van der Waals surface area contributed by atoms with Crippen LogP contribution in [-0.4, -0.2) is 24.3 Å². The Morgan fingerprint density at radius 2 is 2.11 bits per heavy atom. The van der Waals surface area contributed by atoms with Crippen LogP contribution in [-0.2, 0) is 0 Å². The lowest BCUT2D eigenvalue weighted by atomic mass is 10.1. The van der Waals surface area contributed by atoms with Crippen molar-refractivity contribution in [3.05, 3.63) is 0 Å². The summed E-state index contributed by atoms with van der Waals surface area (Å²) in [6.07, 6.45) is 0.466. The van der Waals surface area contributed by atoms with E-state index in [1.54, 1.807) is 14.0 Å². The fourth-order valence-corrected chi connectivity index (χ4v) is 0.668. The second-order valence-corrected chi connectivity index (χ2v) is 2.03. The molecule has 1 unspecified atom stereocenters. The van der Waals surface area contributed by atoms with Gasteiger partial charge in [-0.1, -0.05) is 6.92 Å². The maximum Gasteiger partial charge on any atom is 0.0961 e. The lowest BCUT2D eigenvalue weighted by Crippen LogP contribution is -2.18. The minimum atomic E-state index is -0.376. The van der Waals surface area contributed by atoms with E-state index in [-0.39, 0.29) is 12.1 Å². The van der Waals surface area contributed by atoms with Crippen LogP contribution in [0.5, 0.6) is 0 Å². The van der Waals surface area contributed by atoms with Gasteiger partial charge < -0.3 is 5.11 Å². The maximum atomic E-state index is 8.99. The van der Waals surface area contributed by atoms with Crippen molar-refractivity contribution in [3.63, 3.8) is 0 Å². The largest absolute Gasteiger partial charge is 0.391 e. The van der Waals surface area contributed by atoms with Gasteiger partial charge in [-0.25, -0.2) is 0 Å². The molecule has 2 atom stereocenters. The summed E-state index contributed by atoms with van der Waals surface area (Å²) in [7, 11) is 1.62. The quantitative estimate of drug-likeness (QED) is 0.574. The molecule has 3 nitrogen and oxygen atoms in total. The summed E-state index contributed by atoms with van der Waals surface area (Å²) in [6.45, 7) is 3.70. The number of hydrogen-bond donors (Lipinski definition) is 1. The third-order valence-corrected chi connectivity index (χ3v) is 1.24. The van der Waals surface area contributed by atoms with E-state index in [1.807, 2.05) is 6.92 Å². The van der Waals surface area contributed by atoms with Gasteiger partial charge in [0.25, 0.3) is 0 Å². The van der Waals surface area contributed by atoms with E-state index in [2.05, 4.69) is 10.2 Å². The van der Waals surface area contributed by atoms with Gasteiger partial charge in [-0.2, -0.15) is 10.2 Å². The van der Waals surface area contributed by atoms with Crippen molar-refractivity contribution in [3.8, 4) is 0 Å². The number of hydrogen-bond acceptors (Lipinski definition) is 3. The Morgan fingerprint density at radius 1 is 1.56 bits per heavy atom. The third-order valence-electron chi connectivity index (χ3n) is 1.24. The van der Waals surface area contributed by atoms with E-state index in [0.29, 0.717) is 0 Å². The average Bonchev–Trinajstić information content (AvgIpc) is 1.82. The van der Waals surface area contributed by atoms with Crippen LogP contribution in [0.4, 0.5) is 0 Å². The van der Waals surface area contributed by atoms with E-state index < -0.39 is 0 Å². The number of azo groups is 1. The van der Waals surface area contributed by atoms with Gasteiger partial charge in [-0.05, 0) is 13.3 Å². The van der Waals surface area contributed by atoms with Crippen molar-refractivity contribution in [2.45, 2.75) is 32.4 Å².